The summed E-state index contributed by atoms with van der Waals surface area (Å²) in [6.45, 7) is 2.19. The molecule has 4 rings (SSSR count). The first-order valence-electron chi connectivity index (χ1n) is 10.2. The lowest BCUT2D eigenvalue weighted by Gasteiger charge is -2.13. The minimum absolute atomic E-state index is 0.288. The van der Waals surface area contributed by atoms with Crippen LogP contribution < -0.4 is 14.8 Å². The van der Waals surface area contributed by atoms with Gasteiger partial charge >= 0.3 is 0 Å². The van der Waals surface area contributed by atoms with Crippen molar-refractivity contribution in [1.29, 1.82) is 0 Å². The van der Waals surface area contributed by atoms with Gasteiger partial charge in [-0.3, -0.25) is 0 Å². The minimum atomic E-state index is -0.288. The molecule has 3 aromatic carbocycles. The van der Waals surface area contributed by atoms with Crippen LogP contribution in [0.3, 0.4) is 0 Å². The van der Waals surface area contributed by atoms with Crippen molar-refractivity contribution < 1.29 is 13.9 Å². The standard InChI is InChI=1S/C25H24FN3O2/c26-21-8-12-23(13-9-21)31-25-5-2-1-4-24(25)28-18-20-6-10-22(11-7-20)30-17-3-15-29-16-14-27-19-29/h1-2,4-14,16,19,28H,3,15,17-18H2. The average molecular weight is 417 g/mol. The van der Waals surface area contributed by atoms with Crippen molar-refractivity contribution in [3.63, 3.8) is 0 Å². The Hall–Kier alpha value is -3.80. The first-order chi connectivity index (χ1) is 15.3. The second-order valence-electron chi connectivity index (χ2n) is 7.05. The molecule has 0 aliphatic rings. The van der Waals surface area contributed by atoms with Gasteiger partial charge < -0.3 is 19.4 Å². The van der Waals surface area contributed by atoms with Gasteiger partial charge in [0.05, 0.1) is 18.6 Å². The molecule has 0 saturated carbocycles. The lowest BCUT2D eigenvalue weighted by Crippen LogP contribution is -2.04. The minimum Gasteiger partial charge on any atom is -0.494 e. The van der Waals surface area contributed by atoms with Crippen molar-refractivity contribution in [2.24, 2.45) is 0 Å². The Labute approximate surface area is 181 Å². The van der Waals surface area contributed by atoms with Crippen molar-refractivity contribution in [2.45, 2.75) is 19.5 Å². The van der Waals surface area contributed by atoms with Crippen molar-refractivity contribution in [3.8, 4) is 17.2 Å². The van der Waals surface area contributed by atoms with Crippen molar-refractivity contribution >= 4 is 5.69 Å². The zero-order valence-electron chi connectivity index (χ0n) is 17.1. The Bertz CT molecular complexity index is 1060. The molecule has 0 bridgehead atoms. The first kappa shape index (κ1) is 20.5. The first-order valence-corrected chi connectivity index (χ1v) is 10.2. The molecule has 0 unspecified atom stereocenters. The van der Waals surface area contributed by atoms with Crippen LogP contribution in [0.25, 0.3) is 0 Å². The van der Waals surface area contributed by atoms with Crippen LogP contribution in [0.5, 0.6) is 17.2 Å². The highest BCUT2D eigenvalue weighted by Crippen LogP contribution is 2.29. The van der Waals surface area contributed by atoms with Gasteiger partial charge in [-0.15, -0.1) is 0 Å². The van der Waals surface area contributed by atoms with E-state index >= 15 is 0 Å². The molecule has 0 amide bonds. The molecular weight excluding hydrogens is 393 g/mol. The van der Waals surface area contributed by atoms with Crippen LogP contribution in [0.2, 0.25) is 0 Å². The summed E-state index contributed by atoms with van der Waals surface area (Å²) in [6.07, 6.45) is 6.46. The average Bonchev–Trinajstić information content (AvgIpc) is 3.32. The molecule has 4 aromatic rings. The second-order valence-corrected chi connectivity index (χ2v) is 7.05. The van der Waals surface area contributed by atoms with Crippen LogP contribution in [0.1, 0.15) is 12.0 Å². The van der Waals surface area contributed by atoms with Gasteiger partial charge in [-0.05, 0) is 60.5 Å². The molecule has 6 heteroatoms. The predicted molar refractivity (Wildman–Crippen MR) is 119 cm³/mol. The molecule has 0 saturated heterocycles. The van der Waals surface area contributed by atoms with Crippen molar-refractivity contribution in [2.75, 3.05) is 11.9 Å². The Morgan fingerprint density at radius 3 is 2.45 bits per heavy atom. The predicted octanol–water partition coefficient (Wildman–Crippen LogP) is 5.90. The summed E-state index contributed by atoms with van der Waals surface area (Å²) in [5.41, 5.74) is 1.99. The largest absolute Gasteiger partial charge is 0.494 e. The van der Waals surface area contributed by atoms with Crippen LogP contribution >= 0.6 is 0 Å². The zero-order valence-corrected chi connectivity index (χ0v) is 17.1. The summed E-state index contributed by atoms with van der Waals surface area (Å²) in [5.74, 6) is 1.84. The van der Waals surface area contributed by atoms with Gasteiger partial charge in [-0.2, -0.15) is 0 Å². The number of benzene rings is 3. The fourth-order valence-corrected chi connectivity index (χ4v) is 3.09. The maximum absolute atomic E-state index is 13.1. The number of nitrogens with one attached hydrogen (secondary N) is 1. The maximum atomic E-state index is 13.1. The topological polar surface area (TPSA) is 48.3 Å². The van der Waals surface area contributed by atoms with Gasteiger partial charge in [0.2, 0.25) is 0 Å². The van der Waals surface area contributed by atoms with E-state index in [1.165, 1.54) is 12.1 Å². The summed E-state index contributed by atoms with van der Waals surface area (Å²) in [6, 6.07) is 21.7. The van der Waals surface area contributed by atoms with Crippen LogP contribution in [0.15, 0.2) is 91.5 Å². The van der Waals surface area contributed by atoms with Crippen LogP contribution in [-0.2, 0) is 13.1 Å². The number of hydrogen-bond acceptors (Lipinski definition) is 4. The number of aryl methyl sites for hydroxylation is 1. The van der Waals surface area contributed by atoms with Gasteiger partial charge in [-0.25, -0.2) is 9.37 Å². The number of rotatable bonds is 10. The Morgan fingerprint density at radius 2 is 1.68 bits per heavy atom. The highest BCUT2D eigenvalue weighted by atomic mass is 19.1. The fraction of sp³-hybridized carbons (Fsp3) is 0.160. The number of para-hydroxylation sites is 2. The van der Waals surface area contributed by atoms with E-state index < -0.39 is 0 Å². The molecule has 158 valence electrons. The summed E-state index contributed by atoms with van der Waals surface area (Å²) >= 11 is 0. The number of imidazole rings is 1. The second kappa shape index (κ2) is 10.3. The van der Waals surface area contributed by atoms with Gasteiger partial charge in [0.15, 0.2) is 5.75 Å². The third-order valence-electron chi connectivity index (χ3n) is 4.72. The van der Waals surface area contributed by atoms with E-state index in [4.69, 9.17) is 9.47 Å². The van der Waals surface area contributed by atoms with Crippen LogP contribution in [0.4, 0.5) is 10.1 Å². The van der Waals surface area contributed by atoms with E-state index in [0.29, 0.717) is 24.7 Å². The molecule has 0 spiro atoms. The summed E-state index contributed by atoms with van der Waals surface area (Å²) in [5, 5.41) is 3.40. The molecule has 5 nitrogen and oxygen atoms in total. The molecule has 1 heterocycles. The quantitative estimate of drug-likeness (QED) is 0.327. The van der Waals surface area contributed by atoms with E-state index in [0.717, 1.165) is 30.0 Å². The fourth-order valence-electron chi connectivity index (χ4n) is 3.09. The summed E-state index contributed by atoms with van der Waals surface area (Å²) < 4.78 is 26.9. The highest BCUT2D eigenvalue weighted by molar-refractivity contribution is 5.57. The third kappa shape index (κ3) is 6.09. The molecule has 0 radical (unpaired) electrons. The molecule has 0 aliphatic heterocycles. The number of hydrogen-bond donors (Lipinski definition) is 1. The number of nitrogens with zero attached hydrogens (tertiary/aromatic N) is 2. The van der Waals surface area contributed by atoms with E-state index in [2.05, 4.69) is 10.3 Å². The monoisotopic (exact) mass is 417 g/mol. The lowest BCUT2D eigenvalue weighted by molar-refractivity contribution is 0.301. The lowest BCUT2D eigenvalue weighted by atomic mass is 10.2. The van der Waals surface area contributed by atoms with E-state index in [9.17, 15) is 4.39 Å². The van der Waals surface area contributed by atoms with E-state index in [1.807, 2.05) is 65.6 Å². The van der Waals surface area contributed by atoms with Gasteiger partial charge in [-0.1, -0.05) is 24.3 Å². The smallest absolute Gasteiger partial charge is 0.150 e. The SMILES string of the molecule is Fc1ccc(Oc2ccccc2NCc2ccc(OCCCn3ccnc3)cc2)cc1. The van der Waals surface area contributed by atoms with Crippen molar-refractivity contribution in [1.82, 2.24) is 9.55 Å². The Kier molecular flexibility index (Phi) is 6.80. The molecule has 0 atom stereocenters. The Morgan fingerprint density at radius 1 is 0.903 bits per heavy atom. The van der Waals surface area contributed by atoms with Crippen LogP contribution in [-0.4, -0.2) is 16.2 Å². The molecule has 31 heavy (non-hydrogen) atoms. The number of halogens is 1. The molecule has 0 fully saturated rings. The normalized spacial score (nSPS) is 10.6. The maximum Gasteiger partial charge on any atom is 0.150 e. The van der Waals surface area contributed by atoms with Gasteiger partial charge in [0, 0.05) is 25.5 Å². The van der Waals surface area contributed by atoms with Crippen molar-refractivity contribution in [3.05, 3.63) is 103 Å². The molecular formula is C25H24FN3O2. The van der Waals surface area contributed by atoms with E-state index in [-0.39, 0.29) is 5.82 Å². The number of ether oxygens (including phenoxy) is 2. The third-order valence-corrected chi connectivity index (χ3v) is 4.72. The summed E-state index contributed by atoms with van der Waals surface area (Å²) in [7, 11) is 0. The molecule has 1 aromatic heterocycles. The highest BCUT2D eigenvalue weighted by Gasteiger charge is 2.05. The zero-order chi connectivity index (χ0) is 21.3. The van der Waals surface area contributed by atoms with E-state index in [1.54, 1.807) is 18.3 Å². The number of anilines is 1. The van der Waals surface area contributed by atoms with Gasteiger partial charge in [0.1, 0.15) is 17.3 Å². The molecule has 1 N–H and O–H groups in total. The number of aromatic nitrogens is 2. The molecule has 0 aliphatic carbocycles. The summed E-state index contributed by atoms with van der Waals surface area (Å²) in [4.78, 5) is 4.03. The van der Waals surface area contributed by atoms with Crippen LogP contribution in [0, 0.1) is 5.82 Å². The Balaban J connectivity index is 1.27. The van der Waals surface area contributed by atoms with Gasteiger partial charge in [0.25, 0.3) is 0 Å².